The van der Waals surface area contributed by atoms with Gasteiger partial charge in [0.2, 0.25) is 0 Å². The minimum absolute atomic E-state index is 0.0237. The summed E-state index contributed by atoms with van der Waals surface area (Å²) >= 11 is 0. The van der Waals surface area contributed by atoms with E-state index in [2.05, 4.69) is 9.98 Å². The highest BCUT2D eigenvalue weighted by Gasteiger charge is 2.34. The van der Waals surface area contributed by atoms with Crippen LogP contribution in [0.3, 0.4) is 0 Å². The maximum Gasteiger partial charge on any atom is 0.256 e. The molecule has 0 N–H and O–H groups in total. The Hall–Kier alpha value is -4.08. The summed E-state index contributed by atoms with van der Waals surface area (Å²) in [6.07, 6.45) is 8.13. The number of aliphatic imine (C=N–C) groups is 2. The molecular formula is C29H32N4O6. The molecule has 4 aliphatic rings. The van der Waals surface area contributed by atoms with Crippen LogP contribution in [-0.2, 0) is 0 Å². The molecule has 0 bridgehead atoms. The van der Waals surface area contributed by atoms with Gasteiger partial charge in [-0.2, -0.15) is 0 Å². The molecule has 2 saturated heterocycles. The number of fused-ring (bicyclic) bond motifs is 4. The molecule has 4 aliphatic heterocycles. The van der Waals surface area contributed by atoms with Crippen molar-refractivity contribution in [3.05, 3.63) is 35.4 Å². The van der Waals surface area contributed by atoms with Crippen LogP contribution in [0, 0.1) is 0 Å². The summed E-state index contributed by atoms with van der Waals surface area (Å²) in [7, 11) is 3.12. The van der Waals surface area contributed by atoms with Crippen LogP contribution in [0.15, 0.2) is 34.3 Å². The van der Waals surface area contributed by atoms with E-state index in [0.717, 1.165) is 38.8 Å². The smallest absolute Gasteiger partial charge is 0.256 e. The third-order valence-electron chi connectivity index (χ3n) is 7.72. The molecule has 0 spiro atoms. The van der Waals surface area contributed by atoms with Gasteiger partial charge in [-0.1, -0.05) is 0 Å². The van der Waals surface area contributed by atoms with Crippen molar-refractivity contribution >= 4 is 35.6 Å². The molecule has 0 aromatic heterocycles. The van der Waals surface area contributed by atoms with Crippen LogP contribution in [0.2, 0.25) is 0 Å². The van der Waals surface area contributed by atoms with Crippen LogP contribution in [0.4, 0.5) is 11.4 Å². The van der Waals surface area contributed by atoms with Gasteiger partial charge in [0, 0.05) is 44.1 Å². The van der Waals surface area contributed by atoms with Gasteiger partial charge in [-0.25, -0.2) is 0 Å². The summed E-state index contributed by atoms with van der Waals surface area (Å²) in [5.74, 6) is 1.99. The SMILES string of the molecule is COc1cc2c(cc1OCCCOc1cc3c(cc1OC)C(=O)N1CCC[C@@H]1C=N3)N=C[C@@H]1CCCN1C2=O. The van der Waals surface area contributed by atoms with E-state index in [0.29, 0.717) is 65.1 Å². The maximum absolute atomic E-state index is 13.1. The van der Waals surface area contributed by atoms with E-state index in [1.807, 2.05) is 22.2 Å². The number of benzene rings is 2. The largest absolute Gasteiger partial charge is 0.493 e. The molecule has 10 heteroatoms. The fourth-order valence-electron chi connectivity index (χ4n) is 5.66. The van der Waals surface area contributed by atoms with Crippen molar-refractivity contribution in [2.75, 3.05) is 40.5 Å². The highest BCUT2D eigenvalue weighted by molar-refractivity contribution is 6.04. The number of amides is 2. The Labute approximate surface area is 227 Å². The van der Waals surface area contributed by atoms with Gasteiger partial charge in [0.1, 0.15) is 0 Å². The molecule has 2 amide bonds. The van der Waals surface area contributed by atoms with E-state index >= 15 is 0 Å². The molecule has 6 rings (SSSR count). The molecule has 0 saturated carbocycles. The Morgan fingerprint density at radius 2 is 1.18 bits per heavy atom. The lowest BCUT2D eigenvalue weighted by Crippen LogP contribution is -2.35. The van der Waals surface area contributed by atoms with E-state index in [-0.39, 0.29) is 23.9 Å². The topological polar surface area (TPSA) is 102 Å². The summed E-state index contributed by atoms with van der Waals surface area (Å²) in [6.45, 7) is 2.21. The van der Waals surface area contributed by atoms with Gasteiger partial charge in [0.05, 0.1) is 62.0 Å². The zero-order valence-electron chi connectivity index (χ0n) is 22.2. The van der Waals surface area contributed by atoms with Crippen LogP contribution in [0.5, 0.6) is 23.0 Å². The van der Waals surface area contributed by atoms with Crippen LogP contribution in [0.1, 0.15) is 52.8 Å². The van der Waals surface area contributed by atoms with Crippen molar-refractivity contribution in [2.24, 2.45) is 9.98 Å². The number of hydrogen-bond acceptors (Lipinski definition) is 8. The minimum Gasteiger partial charge on any atom is -0.493 e. The number of rotatable bonds is 8. The highest BCUT2D eigenvalue weighted by Crippen LogP contribution is 2.39. The molecular weight excluding hydrogens is 500 g/mol. The second kappa shape index (κ2) is 10.6. The van der Waals surface area contributed by atoms with Crippen LogP contribution in [0.25, 0.3) is 0 Å². The summed E-state index contributed by atoms with van der Waals surface area (Å²) in [4.78, 5) is 39.0. The fourth-order valence-corrected chi connectivity index (χ4v) is 5.66. The van der Waals surface area contributed by atoms with Crippen molar-refractivity contribution in [2.45, 2.75) is 44.2 Å². The normalized spacial score (nSPS) is 21.1. The summed E-state index contributed by atoms with van der Waals surface area (Å²) in [5, 5.41) is 0. The van der Waals surface area contributed by atoms with Crippen LogP contribution in [-0.4, -0.2) is 86.6 Å². The Bertz CT molecular complexity index is 1250. The van der Waals surface area contributed by atoms with E-state index in [4.69, 9.17) is 18.9 Å². The van der Waals surface area contributed by atoms with Gasteiger partial charge in [-0.3, -0.25) is 19.6 Å². The lowest BCUT2D eigenvalue weighted by atomic mass is 10.1. The van der Waals surface area contributed by atoms with Gasteiger partial charge in [-0.15, -0.1) is 0 Å². The Morgan fingerprint density at radius 3 is 1.62 bits per heavy atom. The molecule has 4 heterocycles. The average molecular weight is 533 g/mol. The van der Waals surface area contributed by atoms with Crippen molar-refractivity contribution in [1.29, 1.82) is 0 Å². The minimum atomic E-state index is -0.0237. The van der Waals surface area contributed by atoms with Crippen molar-refractivity contribution in [3.8, 4) is 23.0 Å². The average Bonchev–Trinajstić information content (AvgIpc) is 3.58. The molecule has 2 atom stereocenters. The van der Waals surface area contributed by atoms with Gasteiger partial charge in [0.15, 0.2) is 23.0 Å². The molecule has 0 radical (unpaired) electrons. The first-order valence-corrected chi connectivity index (χ1v) is 13.5. The molecule has 2 aromatic rings. The number of nitrogens with zero attached hydrogens (tertiary/aromatic N) is 4. The van der Waals surface area contributed by atoms with Crippen molar-refractivity contribution < 1.29 is 28.5 Å². The van der Waals surface area contributed by atoms with Gasteiger partial charge < -0.3 is 28.7 Å². The maximum atomic E-state index is 13.1. The van der Waals surface area contributed by atoms with E-state index in [1.54, 1.807) is 38.5 Å². The van der Waals surface area contributed by atoms with Gasteiger partial charge in [0.25, 0.3) is 11.8 Å². The first-order chi connectivity index (χ1) is 19.1. The monoisotopic (exact) mass is 532 g/mol. The molecule has 39 heavy (non-hydrogen) atoms. The number of carbonyl (C=O) groups is 2. The molecule has 204 valence electrons. The third kappa shape index (κ3) is 4.68. The summed E-state index contributed by atoms with van der Waals surface area (Å²) < 4.78 is 23.1. The first kappa shape index (κ1) is 25.2. The number of carbonyl (C=O) groups excluding carboxylic acids is 2. The van der Waals surface area contributed by atoms with Crippen molar-refractivity contribution in [1.82, 2.24) is 9.80 Å². The van der Waals surface area contributed by atoms with Gasteiger partial charge in [-0.05, 0) is 37.8 Å². The zero-order valence-corrected chi connectivity index (χ0v) is 22.2. The highest BCUT2D eigenvalue weighted by atomic mass is 16.5. The Kier molecular flexibility index (Phi) is 6.85. The van der Waals surface area contributed by atoms with E-state index < -0.39 is 0 Å². The second-order valence-corrected chi connectivity index (χ2v) is 10.1. The molecule has 10 nitrogen and oxygen atoms in total. The van der Waals surface area contributed by atoms with Crippen LogP contribution < -0.4 is 18.9 Å². The number of hydrogen-bond donors (Lipinski definition) is 0. The van der Waals surface area contributed by atoms with Crippen LogP contribution >= 0.6 is 0 Å². The first-order valence-electron chi connectivity index (χ1n) is 13.5. The Balaban J connectivity index is 1.11. The lowest BCUT2D eigenvalue weighted by molar-refractivity contribution is 0.0766. The quantitative estimate of drug-likeness (QED) is 0.473. The van der Waals surface area contributed by atoms with E-state index in [9.17, 15) is 9.59 Å². The zero-order chi connectivity index (χ0) is 26.9. The molecule has 0 aliphatic carbocycles. The predicted octanol–water partition coefficient (Wildman–Crippen LogP) is 4.19. The lowest BCUT2D eigenvalue weighted by Gasteiger charge is -2.20. The van der Waals surface area contributed by atoms with E-state index in [1.165, 1.54) is 0 Å². The summed E-state index contributed by atoms with van der Waals surface area (Å²) in [6, 6.07) is 7.05. The molecule has 2 fully saturated rings. The standard InChI is InChI=1S/C29H32N4O6/c1-36-24-12-20-22(30-16-18-6-3-8-32(18)28(20)34)14-26(24)38-10-5-11-39-27-15-23-21(13-25(27)37-2)29(35)33-9-4-7-19(33)17-31-23/h12-19H,3-11H2,1-2H3/t18-,19+. The third-order valence-corrected chi connectivity index (χ3v) is 7.72. The molecule has 2 aromatic carbocycles. The summed E-state index contributed by atoms with van der Waals surface area (Å²) in [5.41, 5.74) is 2.23. The fraction of sp³-hybridized carbons (Fsp3) is 0.448. The van der Waals surface area contributed by atoms with Crippen molar-refractivity contribution in [3.63, 3.8) is 0 Å². The Morgan fingerprint density at radius 1 is 0.718 bits per heavy atom. The second-order valence-electron chi connectivity index (χ2n) is 10.1. The number of methoxy groups -OCH3 is 2. The van der Waals surface area contributed by atoms with Gasteiger partial charge >= 0.3 is 0 Å². The predicted molar refractivity (Wildman–Crippen MR) is 146 cm³/mol. The number of ether oxygens (including phenoxy) is 4. The molecule has 0 unspecified atom stereocenters.